The predicted octanol–water partition coefficient (Wildman–Crippen LogP) is -0.337. The van der Waals surface area contributed by atoms with E-state index in [0.717, 1.165) is 18.0 Å². The summed E-state index contributed by atoms with van der Waals surface area (Å²) in [5.41, 5.74) is 1.07. The van der Waals surface area contributed by atoms with Crippen molar-refractivity contribution in [3.63, 3.8) is 0 Å². The molecule has 1 amide bonds. The highest BCUT2D eigenvalue weighted by Crippen LogP contribution is 2.21. The van der Waals surface area contributed by atoms with E-state index in [1.54, 1.807) is 0 Å². The van der Waals surface area contributed by atoms with E-state index < -0.39 is 29.8 Å². The second kappa shape index (κ2) is 8.65. The number of hydrogen-bond donors (Lipinski definition) is 3. The maximum atomic E-state index is 12.1. The van der Waals surface area contributed by atoms with Crippen LogP contribution in [0.3, 0.4) is 0 Å². The Labute approximate surface area is 158 Å². The van der Waals surface area contributed by atoms with Crippen molar-refractivity contribution < 1.29 is 21.6 Å². The molecular formula is C16H22N4O5S2. The highest BCUT2D eigenvalue weighted by Gasteiger charge is 2.27. The smallest absolute Gasteiger partial charge is 0.243 e. The standard InChI is InChI=1S/C16H22N4O5S2/c1-17-26(22,23)14-10-20(11-15(14)27(24,25)18-2)12-16(21)19-9-8-13-6-4-3-5-7-13/h3-7,10-11,17-18H,8-9,12H2,1-2H3,(H,19,21). The Balaban J connectivity index is 2.12. The molecule has 0 bridgehead atoms. The van der Waals surface area contributed by atoms with Gasteiger partial charge in [-0.25, -0.2) is 26.3 Å². The van der Waals surface area contributed by atoms with Gasteiger partial charge < -0.3 is 9.88 Å². The Hall–Kier alpha value is -2.21. The molecule has 0 saturated carbocycles. The summed E-state index contributed by atoms with van der Waals surface area (Å²) in [7, 11) is -5.66. The first-order valence-electron chi connectivity index (χ1n) is 8.07. The Morgan fingerprint density at radius 1 is 0.926 bits per heavy atom. The monoisotopic (exact) mass is 414 g/mol. The summed E-state index contributed by atoms with van der Waals surface area (Å²) in [5, 5.41) is 2.72. The first-order valence-corrected chi connectivity index (χ1v) is 11.0. The third-order valence-electron chi connectivity index (χ3n) is 3.83. The molecule has 1 aromatic carbocycles. The van der Waals surface area contributed by atoms with Crippen molar-refractivity contribution in [1.82, 2.24) is 19.3 Å². The summed E-state index contributed by atoms with van der Waals surface area (Å²) in [5.74, 6) is -0.359. The van der Waals surface area contributed by atoms with E-state index in [9.17, 15) is 21.6 Å². The summed E-state index contributed by atoms with van der Waals surface area (Å²) in [6, 6.07) is 9.61. The van der Waals surface area contributed by atoms with Crippen LogP contribution in [0.2, 0.25) is 0 Å². The van der Waals surface area contributed by atoms with Crippen LogP contribution in [-0.4, -0.2) is 47.9 Å². The van der Waals surface area contributed by atoms with E-state index in [2.05, 4.69) is 14.8 Å². The zero-order valence-electron chi connectivity index (χ0n) is 15.0. The second-order valence-corrected chi connectivity index (χ2v) is 9.37. The highest BCUT2D eigenvalue weighted by molar-refractivity contribution is 7.92. The Morgan fingerprint density at radius 2 is 1.44 bits per heavy atom. The van der Waals surface area contributed by atoms with E-state index in [4.69, 9.17) is 0 Å². The summed E-state index contributed by atoms with van der Waals surface area (Å²) in [4.78, 5) is 11.3. The van der Waals surface area contributed by atoms with Crippen molar-refractivity contribution in [2.75, 3.05) is 20.6 Å². The van der Waals surface area contributed by atoms with Crippen molar-refractivity contribution in [3.8, 4) is 0 Å². The van der Waals surface area contributed by atoms with Crippen LogP contribution in [0.1, 0.15) is 5.56 Å². The van der Waals surface area contributed by atoms with Crippen molar-refractivity contribution in [3.05, 3.63) is 48.3 Å². The number of rotatable bonds is 9. The van der Waals surface area contributed by atoms with Crippen molar-refractivity contribution in [2.24, 2.45) is 0 Å². The predicted molar refractivity (Wildman–Crippen MR) is 100 cm³/mol. The van der Waals surface area contributed by atoms with Gasteiger partial charge in [0.25, 0.3) is 0 Å². The highest BCUT2D eigenvalue weighted by atomic mass is 32.2. The zero-order chi connectivity index (χ0) is 20.1. The third-order valence-corrected chi connectivity index (χ3v) is 6.84. The van der Waals surface area contributed by atoms with Crippen molar-refractivity contribution >= 4 is 26.0 Å². The molecule has 0 unspecified atom stereocenters. The van der Waals surface area contributed by atoms with Crippen LogP contribution in [0.15, 0.2) is 52.5 Å². The van der Waals surface area contributed by atoms with Crippen LogP contribution >= 0.6 is 0 Å². The fraction of sp³-hybridized carbons (Fsp3) is 0.312. The van der Waals surface area contributed by atoms with Gasteiger partial charge in [0.1, 0.15) is 16.3 Å². The van der Waals surface area contributed by atoms with E-state index in [1.165, 1.54) is 18.7 Å². The number of carbonyl (C=O) groups excluding carboxylic acids is 1. The van der Waals surface area contributed by atoms with Gasteiger partial charge in [0.2, 0.25) is 26.0 Å². The lowest BCUT2D eigenvalue weighted by atomic mass is 10.1. The molecule has 2 aromatic rings. The maximum absolute atomic E-state index is 12.1. The topological polar surface area (TPSA) is 126 Å². The molecule has 0 atom stereocenters. The molecule has 1 aromatic heterocycles. The molecule has 148 valence electrons. The number of nitrogens with one attached hydrogen (secondary N) is 3. The van der Waals surface area contributed by atoms with Gasteiger partial charge in [0.15, 0.2) is 0 Å². The summed E-state index contributed by atoms with van der Waals surface area (Å²) >= 11 is 0. The molecule has 9 nitrogen and oxygen atoms in total. The second-order valence-electron chi connectivity index (χ2n) is 5.66. The normalized spacial score (nSPS) is 12.1. The van der Waals surface area contributed by atoms with E-state index in [0.29, 0.717) is 13.0 Å². The lowest BCUT2D eigenvalue weighted by Gasteiger charge is -2.06. The minimum atomic E-state index is -4.01. The largest absolute Gasteiger partial charge is 0.354 e. The van der Waals surface area contributed by atoms with Crippen LogP contribution in [0.4, 0.5) is 0 Å². The molecule has 2 rings (SSSR count). The molecule has 27 heavy (non-hydrogen) atoms. The van der Waals surface area contributed by atoms with Crippen LogP contribution in [0.5, 0.6) is 0 Å². The SMILES string of the molecule is CNS(=O)(=O)c1cn(CC(=O)NCCc2ccccc2)cc1S(=O)(=O)NC. The molecule has 0 fully saturated rings. The van der Waals surface area contributed by atoms with Crippen LogP contribution in [0, 0.1) is 0 Å². The molecule has 1 heterocycles. The molecule has 0 aliphatic carbocycles. The maximum Gasteiger partial charge on any atom is 0.243 e. The molecular weight excluding hydrogens is 392 g/mol. The number of amides is 1. The fourth-order valence-corrected chi connectivity index (χ4v) is 4.67. The van der Waals surface area contributed by atoms with Gasteiger partial charge in [-0.3, -0.25) is 4.79 Å². The van der Waals surface area contributed by atoms with Crippen molar-refractivity contribution in [2.45, 2.75) is 22.8 Å². The molecule has 0 aliphatic heterocycles. The average Bonchev–Trinajstić information content (AvgIpc) is 3.08. The molecule has 0 radical (unpaired) electrons. The van der Waals surface area contributed by atoms with E-state index in [1.807, 2.05) is 30.3 Å². The van der Waals surface area contributed by atoms with Gasteiger partial charge >= 0.3 is 0 Å². The van der Waals surface area contributed by atoms with E-state index in [-0.39, 0.29) is 12.5 Å². The Bertz CT molecular complexity index is 947. The first-order chi connectivity index (χ1) is 12.7. The number of carbonyl (C=O) groups is 1. The number of sulfonamides is 2. The number of hydrogen-bond acceptors (Lipinski definition) is 5. The molecule has 0 spiro atoms. The van der Waals surface area contributed by atoms with Gasteiger partial charge in [0.05, 0.1) is 0 Å². The summed E-state index contributed by atoms with van der Waals surface area (Å²) in [6.07, 6.45) is 2.89. The van der Waals surface area contributed by atoms with Crippen LogP contribution in [0.25, 0.3) is 0 Å². The number of nitrogens with zero attached hydrogens (tertiary/aromatic N) is 1. The number of aromatic nitrogens is 1. The van der Waals surface area contributed by atoms with Gasteiger partial charge in [-0.05, 0) is 26.1 Å². The summed E-state index contributed by atoms with van der Waals surface area (Å²) < 4.78 is 53.8. The molecule has 3 N–H and O–H groups in total. The van der Waals surface area contributed by atoms with E-state index >= 15 is 0 Å². The quantitative estimate of drug-likeness (QED) is 0.518. The summed E-state index contributed by atoms with van der Waals surface area (Å²) in [6.45, 7) is 0.202. The lowest BCUT2D eigenvalue weighted by molar-refractivity contribution is -0.121. The molecule has 0 aliphatic rings. The Kier molecular flexibility index (Phi) is 6.76. The first kappa shape index (κ1) is 21.1. The Morgan fingerprint density at radius 3 is 1.93 bits per heavy atom. The van der Waals surface area contributed by atoms with Crippen LogP contribution in [-0.2, 0) is 37.8 Å². The zero-order valence-corrected chi connectivity index (χ0v) is 16.6. The van der Waals surface area contributed by atoms with Gasteiger partial charge in [-0.1, -0.05) is 30.3 Å². The minimum absolute atomic E-state index is 0.208. The third kappa shape index (κ3) is 5.39. The van der Waals surface area contributed by atoms with Gasteiger partial charge in [0, 0.05) is 18.9 Å². The van der Waals surface area contributed by atoms with Crippen molar-refractivity contribution in [1.29, 1.82) is 0 Å². The lowest BCUT2D eigenvalue weighted by Crippen LogP contribution is -2.29. The van der Waals surface area contributed by atoms with Crippen LogP contribution < -0.4 is 14.8 Å². The van der Waals surface area contributed by atoms with Gasteiger partial charge in [-0.2, -0.15) is 0 Å². The molecule has 11 heteroatoms. The molecule has 0 saturated heterocycles. The minimum Gasteiger partial charge on any atom is -0.354 e. The fourth-order valence-electron chi connectivity index (χ4n) is 2.39. The van der Waals surface area contributed by atoms with Gasteiger partial charge in [-0.15, -0.1) is 0 Å². The average molecular weight is 415 g/mol. The number of benzene rings is 1.